The van der Waals surface area contributed by atoms with Crippen molar-refractivity contribution in [2.24, 2.45) is 11.7 Å². The molecule has 1 aromatic rings. The van der Waals surface area contributed by atoms with E-state index in [2.05, 4.69) is 18.7 Å². The van der Waals surface area contributed by atoms with Gasteiger partial charge in [-0.15, -0.1) is 0 Å². The standard InChI is InChI=1S/C20H33N3O4S/c1-14(2)18(13-23-10-9-17(24)12-23)22(3)19(25)11-15-5-7-16(8-6-15)20(21)28(4,26)27/h5-8,14,17-18,20,24H,9-13,21H2,1-4H3/t17?,18-,20?/m1/s1. The number of aliphatic hydroxyl groups is 1. The van der Waals surface area contributed by atoms with Crippen LogP contribution in [-0.4, -0.2) is 74.3 Å². The average molecular weight is 412 g/mol. The number of rotatable bonds is 8. The molecule has 2 unspecified atom stereocenters. The lowest BCUT2D eigenvalue weighted by Crippen LogP contribution is -2.48. The van der Waals surface area contributed by atoms with Gasteiger partial charge in [0.15, 0.2) is 9.84 Å². The van der Waals surface area contributed by atoms with Gasteiger partial charge in [-0.25, -0.2) is 8.42 Å². The van der Waals surface area contributed by atoms with E-state index in [0.717, 1.165) is 31.3 Å². The van der Waals surface area contributed by atoms with Gasteiger partial charge in [0.25, 0.3) is 0 Å². The molecular weight excluding hydrogens is 378 g/mol. The molecule has 0 spiro atoms. The zero-order valence-electron chi connectivity index (χ0n) is 17.2. The van der Waals surface area contributed by atoms with Crippen molar-refractivity contribution < 1.29 is 18.3 Å². The Morgan fingerprint density at radius 2 is 1.93 bits per heavy atom. The largest absolute Gasteiger partial charge is 0.392 e. The van der Waals surface area contributed by atoms with Gasteiger partial charge in [0.2, 0.25) is 5.91 Å². The van der Waals surface area contributed by atoms with Crippen LogP contribution in [0.1, 0.15) is 36.8 Å². The summed E-state index contributed by atoms with van der Waals surface area (Å²) in [4.78, 5) is 16.8. The van der Waals surface area contributed by atoms with Gasteiger partial charge >= 0.3 is 0 Å². The highest BCUT2D eigenvalue weighted by molar-refractivity contribution is 7.90. The molecule has 1 heterocycles. The molecule has 28 heavy (non-hydrogen) atoms. The van der Waals surface area contributed by atoms with Gasteiger partial charge < -0.3 is 15.7 Å². The highest BCUT2D eigenvalue weighted by Gasteiger charge is 2.28. The summed E-state index contributed by atoms with van der Waals surface area (Å²) in [6, 6.07) is 6.91. The van der Waals surface area contributed by atoms with E-state index in [1.807, 2.05) is 7.05 Å². The van der Waals surface area contributed by atoms with Crippen molar-refractivity contribution in [3.8, 4) is 0 Å². The number of benzene rings is 1. The Hall–Kier alpha value is -1.48. The third-order valence-electron chi connectivity index (χ3n) is 5.48. The van der Waals surface area contributed by atoms with Crippen LogP contribution in [0.25, 0.3) is 0 Å². The number of β-amino-alcohol motifs (C(OH)–C–C–N with tert-alkyl or cyclic N) is 1. The predicted octanol–water partition coefficient (Wildman–Crippen LogP) is 0.781. The molecule has 3 atom stereocenters. The number of carbonyl (C=O) groups is 1. The van der Waals surface area contributed by atoms with Crippen molar-refractivity contribution in [1.29, 1.82) is 0 Å². The van der Waals surface area contributed by atoms with E-state index >= 15 is 0 Å². The number of likely N-dealkylation sites (N-methyl/N-ethyl adjacent to an activating group) is 1. The van der Waals surface area contributed by atoms with Crippen LogP contribution in [-0.2, 0) is 21.1 Å². The third-order valence-corrected chi connectivity index (χ3v) is 6.67. The van der Waals surface area contributed by atoms with E-state index in [-0.39, 0.29) is 24.5 Å². The lowest BCUT2D eigenvalue weighted by atomic mass is 10.0. The predicted molar refractivity (Wildman–Crippen MR) is 110 cm³/mol. The van der Waals surface area contributed by atoms with Crippen molar-refractivity contribution in [2.45, 2.75) is 44.2 Å². The van der Waals surface area contributed by atoms with E-state index < -0.39 is 15.2 Å². The monoisotopic (exact) mass is 411 g/mol. The van der Waals surface area contributed by atoms with Crippen molar-refractivity contribution in [1.82, 2.24) is 9.80 Å². The fourth-order valence-electron chi connectivity index (χ4n) is 3.58. The van der Waals surface area contributed by atoms with Crippen LogP contribution in [0.3, 0.4) is 0 Å². The molecule has 1 aliphatic rings. The first kappa shape index (κ1) is 22.8. The lowest BCUT2D eigenvalue weighted by molar-refractivity contribution is -0.132. The Labute approximate surface area is 168 Å². The molecule has 0 aliphatic carbocycles. The number of sulfone groups is 1. The second kappa shape index (κ2) is 9.35. The van der Waals surface area contributed by atoms with Gasteiger partial charge in [0.05, 0.1) is 12.5 Å². The smallest absolute Gasteiger partial charge is 0.227 e. The molecule has 8 heteroatoms. The van der Waals surface area contributed by atoms with Crippen LogP contribution < -0.4 is 5.73 Å². The molecule has 1 amide bonds. The minimum Gasteiger partial charge on any atom is -0.392 e. The van der Waals surface area contributed by atoms with E-state index in [9.17, 15) is 18.3 Å². The van der Waals surface area contributed by atoms with E-state index in [4.69, 9.17) is 5.73 Å². The fourth-order valence-corrected chi connectivity index (χ4v) is 4.23. The molecule has 0 aromatic heterocycles. The van der Waals surface area contributed by atoms with E-state index in [0.29, 0.717) is 18.0 Å². The van der Waals surface area contributed by atoms with Gasteiger partial charge in [-0.05, 0) is 23.5 Å². The molecule has 1 aromatic carbocycles. The summed E-state index contributed by atoms with van der Waals surface area (Å²) in [6.45, 7) is 6.46. The first-order chi connectivity index (χ1) is 13.0. The maximum absolute atomic E-state index is 12.8. The zero-order chi connectivity index (χ0) is 21.1. The molecule has 3 N–H and O–H groups in total. The number of carbonyl (C=O) groups excluding carboxylic acids is 1. The van der Waals surface area contributed by atoms with Crippen LogP contribution in [0.2, 0.25) is 0 Å². The SMILES string of the molecule is CC(C)[C@@H](CN1CCC(O)C1)N(C)C(=O)Cc1ccc(C(N)S(C)(=O)=O)cc1. The fraction of sp³-hybridized carbons (Fsp3) is 0.650. The summed E-state index contributed by atoms with van der Waals surface area (Å²) in [5.74, 6) is 0.306. The van der Waals surface area contributed by atoms with Crippen molar-refractivity contribution >= 4 is 15.7 Å². The molecule has 2 rings (SSSR count). The first-order valence-electron chi connectivity index (χ1n) is 9.68. The number of aliphatic hydroxyl groups excluding tert-OH is 1. The maximum atomic E-state index is 12.8. The van der Waals surface area contributed by atoms with Gasteiger partial charge in [-0.1, -0.05) is 38.1 Å². The quantitative estimate of drug-likeness (QED) is 0.655. The normalized spacial score (nSPS) is 20.3. The van der Waals surface area contributed by atoms with Gasteiger partial charge in [0, 0.05) is 39.0 Å². The minimum atomic E-state index is -3.36. The highest BCUT2D eigenvalue weighted by Crippen LogP contribution is 2.19. The van der Waals surface area contributed by atoms with E-state index in [1.165, 1.54) is 0 Å². The number of likely N-dealkylation sites (tertiary alicyclic amines) is 1. The number of hydrogen-bond acceptors (Lipinski definition) is 6. The average Bonchev–Trinajstić information content (AvgIpc) is 3.03. The highest BCUT2D eigenvalue weighted by atomic mass is 32.2. The Morgan fingerprint density at radius 1 is 1.32 bits per heavy atom. The van der Waals surface area contributed by atoms with Crippen LogP contribution in [0, 0.1) is 5.92 Å². The molecule has 1 fully saturated rings. The van der Waals surface area contributed by atoms with Crippen molar-refractivity contribution in [3.05, 3.63) is 35.4 Å². The molecule has 7 nitrogen and oxygen atoms in total. The van der Waals surface area contributed by atoms with Crippen LogP contribution in [0.4, 0.5) is 0 Å². The van der Waals surface area contributed by atoms with Gasteiger partial charge in [-0.2, -0.15) is 0 Å². The Morgan fingerprint density at radius 3 is 2.39 bits per heavy atom. The Balaban J connectivity index is 2.01. The van der Waals surface area contributed by atoms with E-state index in [1.54, 1.807) is 29.2 Å². The van der Waals surface area contributed by atoms with Crippen LogP contribution in [0.15, 0.2) is 24.3 Å². The van der Waals surface area contributed by atoms with Crippen molar-refractivity contribution in [2.75, 3.05) is 32.9 Å². The summed E-state index contributed by atoms with van der Waals surface area (Å²) in [5, 5.41) is 8.68. The molecule has 0 bridgehead atoms. The topological polar surface area (TPSA) is 104 Å². The van der Waals surface area contributed by atoms with Crippen LogP contribution in [0.5, 0.6) is 0 Å². The molecular formula is C20H33N3O4S. The van der Waals surface area contributed by atoms with Crippen LogP contribution >= 0.6 is 0 Å². The number of hydrogen-bond donors (Lipinski definition) is 2. The van der Waals surface area contributed by atoms with Crippen molar-refractivity contribution in [3.63, 3.8) is 0 Å². The number of amides is 1. The van der Waals surface area contributed by atoms with Gasteiger partial charge in [0.1, 0.15) is 5.37 Å². The number of nitrogens with zero attached hydrogens (tertiary/aromatic N) is 2. The molecule has 0 saturated carbocycles. The van der Waals surface area contributed by atoms with Gasteiger partial charge in [-0.3, -0.25) is 9.69 Å². The zero-order valence-corrected chi connectivity index (χ0v) is 18.0. The Bertz CT molecular complexity index is 764. The summed E-state index contributed by atoms with van der Waals surface area (Å²) in [5.41, 5.74) is 7.08. The summed E-state index contributed by atoms with van der Waals surface area (Å²) < 4.78 is 23.2. The molecule has 1 aliphatic heterocycles. The summed E-state index contributed by atoms with van der Waals surface area (Å²) in [6.07, 6.45) is 1.86. The summed E-state index contributed by atoms with van der Waals surface area (Å²) in [7, 11) is -1.53. The molecule has 158 valence electrons. The lowest BCUT2D eigenvalue weighted by Gasteiger charge is -2.34. The minimum absolute atomic E-state index is 0.0126. The third kappa shape index (κ3) is 6.01. The summed E-state index contributed by atoms with van der Waals surface area (Å²) >= 11 is 0. The maximum Gasteiger partial charge on any atom is 0.227 e. The molecule has 1 saturated heterocycles. The number of nitrogens with two attached hydrogens (primary N) is 1. The second-order valence-electron chi connectivity index (χ2n) is 8.19. The molecule has 0 radical (unpaired) electrons. The second-order valence-corrected chi connectivity index (χ2v) is 10.4. The first-order valence-corrected chi connectivity index (χ1v) is 11.6. The Kier molecular flexibility index (Phi) is 7.61.